The van der Waals surface area contributed by atoms with Gasteiger partial charge < -0.3 is 5.32 Å². The van der Waals surface area contributed by atoms with Crippen LogP contribution in [0, 0.1) is 6.92 Å². The van der Waals surface area contributed by atoms with Crippen molar-refractivity contribution < 1.29 is 9.59 Å². The summed E-state index contributed by atoms with van der Waals surface area (Å²) in [5.41, 5.74) is 2.16. The molecular weight excluding hydrogens is 462 g/mol. The Morgan fingerprint density at radius 3 is 2.62 bits per heavy atom. The topological polar surface area (TPSA) is 88.9 Å². The van der Waals surface area contributed by atoms with Gasteiger partial charge in [0, 0.05) is 22.4 Å². The SMILES string of the molecule is CSc1ncc(C(=O)Nc2nc(-c3ccc(CNC(C)=O)s3)c(C)s2)n1-c1ccccc1. The molecule has 3 heterocycles. The number of anilines is 1. The molecule has 0 saturated carbocycles. The summed E-state index contributed by atoms with van der Waals surface area (Å²) >= 11 is 4.49. The number of nitrogens with one attached hydrogen (secondary N) is 2. The number of rotatable bonds is 7. The van der Waals surface area contributed by atoms with Gasteiger partial charge in [0.2, 0.25) is 5.91 Å². The minimum Gasteiger partial charge on any atom is -0.351 e. The zero-order chi connectivity index (χ0) is 22.7. The number of carbonyl (C=O) groups excluding carboxylic acids is 2. The fraction of sp³-hybridized carbons (Fsp3) is 0.182. The van der Waals surface area contributed by atoms with Crippen LogP contribution in [0.1, 0.15) is 27.2 Å². The molecule has 7 nitrogen and oxygen atoms in total. The Hall–Kier alpha value is -2.95. The molecule has 0 spiro atoms. The van der Waals surface area contributed by atoms with E-state index in [9.17, 15) is 9.59 Å². The highest BCUT2D eigenvalue weighted by atomic mass is 32.2. The van der Waals surface area contributed by atoms with E-state index in [1.165, 1.54) is 30.0 Å². The Kier molecular flexibility index (Phi) is 6.73. The smallest absolute Gasteiger partial charge is 0.276 e. The molecule has 0 aliphatic heterocycles. The van der Waals surface area contributed by atoms with Gasteiger partial charge in [-0.15, -0.1) is 22.7 Å². The molecule has 0 radical (unpaired) electrons. The summed E-state index contributed by atoms with van der Waals surface area (Å²) in [6.45, 7) is 3.98. The van der Waals surface area contributed by atoms with Crippen molar-refractivity contribution in [1.29, 1.82) is 0 Å². The van der Waals surface area contributed by atoms with Crippen LogP contribution in [-0.2, 0) is 11.3 Å². The number of imidazole rings is 1. The molecule has 0 atom stereocenters. The number of benzene rings is 1. The second-order valence-corrected chi connectivity index (χ2v) is 10.00. The minimum absolute atomic E-state index is 0.0610. The summed E-state index contributed by atoms with van der Waals surface area (Å²) in [7, 11) is 0. The molecule has 0 unspecified atom stereocenters. The highest BCUT2D eigenvalue weighted by molar-refractivity contribution is 7.98. The van der Waals surface area contributed by atoms with E-state index >= 15 is 0 Å². The van der Waals surface area contributed by atoms with E-state index in [-0.39, 0.29) is 11.8 Å². The Morgan fingerprint density at radius 1 is 1.12 bits per heavy atom. The average molecular weight is 484 g/mol. The summed E-state index contributed by atoms with van der Waals surface area (Å²) in [5, 5.41) is 7.00. The van der Waals surface area contributed by atoms with Gasteiger partial charge in [-0.25, -0.2) is 9.97 Å². The number of hydrogen-bond donors (Lipinski definition) is 2. The van der Waals surface area contributed by atoms with E-state index in [1.807, 2.05) is 60.2 Å². The van der Waals surface area contributed by atoms with E-state index in [0.717, 1.165) is 31.2 Å². The number of aryl methyl sites for hydroxylation is 1. The van der Waals surface area contributed by atoms with Crippen molar-refractivity contribution in [3.8, 4) is 16.3 Å². The average Bonchev–Trinajstić information content (AvgIpc) is 3.50. The van der Waals surface area contributed by atoms with Gasteiger partial charge in [-0.3, -0.25) is 19.5 Å². The van der Waals surface area contributed by atoms with E-state index in [0.29, 0.717) is 17.4 Å². The lowest BCUT2D eigenvalue weighted by molar-refractivity contribution is -0.119. The van der Waals surface area contributed by atoms with Crippen molar-refractivity contribution in [1.82, 2.24) is 19.9 Å². The molecule has 2 N–H and O–H groups in total. The normalized spacial score (nSPS) is 10.8. The van der Waals surface area contributed by atoms with Crippen molar-refractivity contribution >= 4 is 51.4 Å². The van der Waals surface area contributed by atoms with Crippen molar-refractivity contribution in [3.05, 3.63) is 64.1 Å². The van der Waals surface area contributed by atoms with Crippen LogP contribution in [0.4, 0.5) is 5.13 Å². The number of thiazole rings is 1. The first kappa shape index (κ1) is 22.3. The molecule has 4 aromatic rings. The second-order valence-electron chi connectivity index (χ2n) is 6.85. The Bertz CT molecular complexity index is 1260. The third-order valence-electron chi connectivity index (χ3n) is 4.58. The first-order valence-corrected chi connectivity index (χ1v) is 12.6. The molecule has 0 fully saturated rings. The van der Waals surface area contributed by atoms with Gasteiger partial charge in [0.25, 0.3) is 5.91 Å². The van der Waals surface area contributed by atoms with Crippen LogP contribution in [0.5, 0.6) is 0 Å². The number of nitrogens with zero attached hydrogens (tertiary/aromatic N) is 3. The van der Waals surface area contributed by atoms with Crippen LogP contribution < -0.4 is 10.6 Å². The van der Waals surface area contributed by atoms with E-state index in [2.05, 4.69) is 20.6 Å². The first-order valence-electron chi connectivity index (χ1n) is 9.75. The van der Waals surface area contributed by atoms with Gasteiger partial charge in [-0.1, -0.05) is 30.0 Å². The predicted octanol–water partition coefficient (Wildman–Crippen LogP) is 4.98. The van der Waals surface area contributed by atoms with E-state index in [4.69, 9.17) is 0 Å². The summed E-state index contributed by atoms with van der Waals surface area (Å²) < 4.78 is 1.84. The number of thiophene rings is 1. The zero-order valence-corrected chi connectivity index (χ0v) is 20.2. The van der Waals surface area contributed by atoms with Crippen LogP contribution in [0.3, 0.4) is 0 Å². The van der Waals surface area contributed by atoms with Crippen LogP contribution in [0.15, 0.2) is 53.8 Å². The Labute approximate surface area is 197 Å². The summed E-state index contributed by atoms with van der Waals surface area (Å²) in [4.78, 5) is 36.3. The fourth-order valence-electron chi connectivity index (χ4n) is 3.12. The second kappa shape index (κ2) is 9.68. The van der Waals surface area contributed by atoms with Crippen LogP contribution >= 0.6 is 34.4 Å². The van der Waals surface area contributed by atoms with E-state index in [1.54, 1.807) is 17.5 Å². The molecule has 0 saturated heterocycles. The molecule has 32 heavy (non-hydrogen) atoms. The van der Waals surface area contributed by atoms with Crippen molar-refractivity contribution in [2.24, 2.45) is 0 Å². The highest BCUT2D eigenvalue weighted by Gasteiger charge is 2.20. The Morgan fingerprint density at radius 2 is 1.91 bits per heavy atom. The maximum atomic E-state index is 13.1. The number of thioether (sulfide) groups is 1. The monoisotopic (exact) mass is 483 g/mol. The molecule has 3 aromatic heterocycles. The van der Waals surface area contributed by atoms with Gasteiger partial charge in [0.1, 0.15) is 5.69 Å². The summed E-state index contributed by atoms with van der Waals surface area (Å²) in [6, 6.07) is 13.7. The molecule has 164 valence electrons. The standard InChI is InChI=1S/C22H21N5O2S3/c1-13-19(18-10-9-16(32-18)11-23-14(2)28)25-21(31-13)26-20(29)17-12-24-22(30-3)27(17)15-7-5-4-6-8-15/h4-10,12H,11H2,1-3H3,(H,23,28)(H,25,26,29). The van der Waals surface area contributed by atoms with Crippen molar-refractivity contribution in [2.45, 2.75) is 25.5 Å². The maximum Gasteiger partial charge on any atom is 0.276 e. The first-order chi connectivity index (χ1) is 15.5. The van der Waals surface area contributed by atoms with Crippen LogP contribution in [-0.4, -0.2) is 32.6 Å². The molecule has 0 aliphatic carbocycles. The summed E-state index contributed by atoms with van der Waals surface area (Å²) in [5.74, 6) is -0.325. The highest BCUT2D eigenvalue weighted by Crippen LogP contribution is 2.35. The van der Waals surface area contributed by atoms with Gasteiger partial charge in [-0.2, -0.15) is 0 Å². The number of hydrogen-bond acceptors (Lipinski definition) is 7. The third-order valence-corrected chi connectivity index (χ3v) is 7.21. The van der Waals surface area contributed by atoms with Gasteiger partial charge in [0.15, 0.2) is 10.3 Å². The predicted molar refractivity (Wildman–Crippen MR) is 131 cm³/mol. The number of para-hydroxylation sites is 1. The number of aromatic nitrogens is 3. The van der Waals surface area contributed by atoms with Crippen LogP contribution in [0.25, 0.3) is 16.3 Å². The maximum absolute atomic E-state index is 13.1. The molecular formula is C22H21N5O2S3. The van der Waals surface area contributed by atoms with E-state index < -0.39 is 0 Å². The quantitative estimate of drug-likeness (QED) is 0.362. The molecule has 10 heteroatoms. The van der Waals surface area contributed by atoms with Crippen molar-refractivity contribution in [3.63, 3.8) is 0 Å². The van der Waals surface area contributed by atoms with Gasteiger partial charge in [0.05, 0.1) is 23.3 Å². The Balaban J connectivity index is 1.56. The third kappa shape index (κ3) is 4.77. The van der Waals surface area contributed by atoms with Gasteiger partial charge >= 0.3 is 0 Å². The largest absolute Gasteiger partial charge is 0.351 e. The lowest BCUT2D eigenvalue weighted by atomic mass is 10.3. The fourth-order valence-corrected chi connectivity index (χ4v) is 5.54. The zero-order valence-electron chi connectivity index (χ0n) is 17.7. The lowest BCUT2D eigenvalue weighted by Gasteiger charge is -2.10. The number of amides is 2. The molecule has 1 aromatic carbocycles. The molecule has 0 aliphatic rings. The number of carbonyl (C=O) groups is 2. The molecule has 2 amide bonds. The summed E-state index contributed by atoms with van der Waals surface area (Å²) in [6.07, 6.45) is 3.52. The molecule has 4 rings (SSSR count). The van der Waals surface area contributed by atoms with Crippen LogP contribution in [0.2, 0.25) is 0 Å². The van der Waals surface area contributed by atoms with Gasteiger partial charge in [-0.05, 0) is 37.4 Å². The lowest BCUT2D eigenvalue weighted by Crippen LogP contribution is -2.17. The minimum atomic E-state index is -0.264. The molecule has 0 bridgehead atoms. The van der Waals surface area contributed by atoms with Crippen molar-refractivity contribution in [2.75, 3.05) is 11.6 Å².